The maximum Gasteiger partial charge on any atom is 0.322 e. The predicted octanol–water partition coefficient (Wildman–Crippen LogP) is 2.36. The Hall–Kier alpha value is -2.44. The van der Waals surface area contributed by atoms with Gasteiger partial charge >= 0.3 is 6.03 Å². The van der Waals surface area contributed by atoms with E-state index in [4.69, 9.17) is 0 Å². The predicted molar refractivity (Wildman–Crippen MR) is 70.1 cm³/mol. The van der Waals surface area contributed by atoms with Crippen molar-refractivity contribution in [2.24, 2.45) is 7.05 Å². The summed E-state index contributed by atoms with van der Waals surface area (Å²) in [6.45, 7) is 0.287. The zero-order valence-electron chi connectivity index (χ0n) is 11.1. The third-order valence-electron chi connectivity index (χ3n) is 2.72. The van der Waals surface area contributed by atoms with Crippen molar-refractivity contribution < 1.29 is 13.6 Å². The van der Waals surface area contributed by atoms with E-state index in [0.29, 0.717) is 0 Å². The Morgan fingerprint density at radius 1 is 1.40 bits per heavy atom. The van der Waals surface area contributed by atoms with E-state index in [9.17, 15) is 13.6 Å². The number of hydrogen-bond donors (Lipinski definition) is 1. The summed E-state index contributed by atoms with van der Waals surface area (Å²) in [7, 11) is 3.29. The Labute approximate surface area is 114 Å². The lowest BCUT2D eigenvalue weighted by molar-refractivity contribution is 0.220. The van der Waals surface area contributed by atoms with E-state index in [1.54, 1.807) is 24.1 Å². The Bertz CT molecular complexity index is 606. The number of urea groups is 1. The fraction of sp³-hybridized carbons (Fsp3) is 0.231. The van der Waals surface area contributed by atoms with Gasteiger partial charge in [-0.3, -0.25) is 4.68 Å². The van der Waals surface area contributed by atoms with Crippen LogP contribution in [0.1, 0.15) is 5.56 Å². The fourth-order valence-corrected chi connectivity index (χ4v) is 1.72. The SMILES string of the molecule is CN(Cc1cnn(C)c1)C(=O)Nc1c(F)cccc1F. The molecular formula is C13H14F2N4O. The van der Waals surface area contributed by atoms with Crippen LogP contribution < -0.4 is 5.32 Å². The van der Waals surface area contributed by atoms with Crippen LogP contribution in [0.5, 0.6) is 0 Å². The first-order valence-corrected chi connectivity index (χ1v) is 5.91. The van der Waals surface area contributed by atoms with Crippen LogP contribution >= 0.6 is 0 Å². The second-order valence-corrected chi connectivity index (χ2v) is 4.41. The van der Waals surface area contributed by atoms with Gasteiger partial charge in [0, 0.05) is 25.9 Å². The normalized spacial score (nSPS) is 10.4. The molecule has 0 fully saturated rings. The largest absolute Gasteiger partial charge is 0.323 e. The summed E-state index contributed by atoms with van der Waals surface area (Å²) in [5.41, 5.74) is 0.370. The van der Waals surface area contributed by atoms with E-state index in [0.717, 1.165) is 17.7 Å². The molecule has 1 aromatic carbocycles. The molecule has 0 spiro atoms. The minimum absolute atomic E-state index is 0.287. The zero-order valence-corrected chi connectivity index (χ0v) is 11.1. The van der Waals surface area contributed by atoms with E-state index in [1.165, 1.54) is 18.0 Å². The molecular weight excluding hydrogens is 266 g/mol. The molecule has 106 valence electrons. The molecule has 5 nitrogen and oxygen atoms in total. The number of amides is 2. The van der Waals surface area contributed by atoms with Crippen LogP contribution in [0.2, 0.25) is 0 Å². The maximum absolute atomic E-state index is 13.4. The van der Waals surface area contributed by atoms with Crippen LogP contribution in [0, 0.1) is 11.6 Å². The van der Waals surface area contributed by atoms with Crippen LogP contribution in [0.15, 0.2) is 30.6 Å². The van der Waals surface area contributed by atoms with Crippen molar-refractivity contribution in [1.82, 2.24) is 14.7 Å². The molecule has 1 heterocycles. The summed E-state index contributed by atoms with van der Waals surface area (Å²) in [6, 6.07) is 2.80. The summed E-state index contributed by atoms with van der Waals surface area (Å²) in [6.07, 6.45) is 3.38. The number of halogens is 2. The number of aryl methyl sites for hydroxylation is 1. The molecule has 0 saturated carbocycles. The number of aromatic nitrogens is 2. The van der Waals surface area contributed by atoms with E-state index in [2.05, 4.69) is 10.4 Å². The number of rotatable bonds is 3. The minimum atomic E-state index is -0.812. The lowest BCUT2D eigenvalue weighted by Crippen LogP contribution is -2.31. The topological polar surface area (TPSA) is 50.2 Å². The van der Waals surface area contributed by atoms with Crippen LogP contribution in [-0.2, 0) is 13.6 Å². The molecule has 0 radical (unpaired) electrons. The molecule has 1 N–H and O–H groups in total. The van der Waals surface area contributed by atoms with Gasteiger partial charge < -0.3 is 10.2 Å². The van der Waals surface area contributed by atoms with Crippen LogP contribution in [0.3, 0.4) is 0 Å². The Morgan fingerprint density at radius 2 is 2.05 bits per heavy atom. The van der Waals surface area contributed by atoms with Gasteiger partial charge in [-0.05, 0) is 12.1 Å². The number of carbonyl (C=O) groups excluding carboxylic acids is 1. The highest BCUT2D eigenvalue weighted by molar-refractivity contribution is 5.89. The Balaban J connectivity index is 2.04. The number of anilines is 1. The van der Waals surface area contributed by atoms with Crippen molar-refractivity contribution in [2.45, 2.75) is 6.54 Å². The first-order chi connectivity index (χ1) is 9.47. The molecule has 2 rings (SSSR count). The second-order valence-electron chi connectivity index (χ2n) is 4.41. The smallest absolute Gasteiger partial charge is 0.322 e. The van der Waals surface area contributed by atoms with Gasteiger partial charge in [-0.2, -0.15) is 5.10 Å². The molecule has 0 unspecified atom stereocenters. The highest BCUT2D eigenvalue weighted by Crippen LogP contribution is 2.18. The number of carbonyl (C=O) groups is 1. The first kappa shape index (κ1) is 14.0. The molecule has 0 atom stereocenters. The summed E-state index contributed by atoms with van der Waals surface area (Å²) in [4.78, 5) is 13.2. The third-order valence-corrected chi connectivity index (χ3v) is 2.72. The molecule has 0 saturated heterocycles. The van der Waals surface area contributed by atoms with Gasteiger partial charge in [0.05, 0.1) is 12.7 Å². The molecule has 1 aromatic heterocycles. The summed E-state index contributed by atoms with van der Waals surface area (Å²) in [5, 5.41) is 6.19. The maximum atomic E-state index is 13.4. The number of hydrogen-bond acceptors (Lipinski definition) is 2. The molecule has 0 bridgehead atoms. The third kappa shape index (κ3) is 3.11. The average molecular weight is 280 g/mol. The van der Waals surface area contributed by atoms with Crippen molar-refractivity contribution in [3.63, 3.8) is 0 Å². The molecule has 2 aromatic rings. The molecule has 0 aliphatic carbocycles. The van der Waals surface area contributed by atoms with Gasteiger partial charge in [0.1, 0.15) is 17.3 Å². The highest BCUT2D eigenvalue weighted by Gasteiger charge is 2.15. The lowest BCUT2D eigenvalue weighted by atomic mass is 10.3. The van der Waals surface area contributed by atoms with Gasteiger partial charge in [0.2, 0.25) is 0 Å². The van der Waals surface area contributed by atoms with Gasteiger partial charge in [-0.1, -0.05) is 6.07 Å². The quantitative estimate of drug-likeness (QED) is 0.938. The Kier molecular flexibility index (Phi) is 3.97. The van der Waals surface area contributed by atoms with Gasteiger partial charge in [-0.15, -0.1) is 0 Å². The van der Waals surface area contributed by atoms with Gasteiger partial charge in [0.25, 0.3) is 0 Å². The lowest BCUT2D eigenvalue weighted by Gasteiger charge is -2.17. The number of nitrogens with zero attached hydrogens (tertiary/aromatic N) is 3. The standard InChI is InChI=1S/C13H14F2N4O/c1-18(7-9-6-16-19(2)8-9)13(20)17-12-10(14)4-3-5-11(12)15/h3-6,8H,7H2,1-2H3,(H,17,20). The molecule has 2 amide bonds. The Morgan fingerprint density at radius 3 is 2.60 bits per heavy atom. The van der Waals surface area contributed by atoms with E-state index < -0.39 is 23.4 Å². The first-order valence-electron chi connectivity index (χ1n) is 5.91. The van der Waals surface area contributed by atoms with E-state index in [1.807, 2.05) is 0 Å². The van der Waals surface area contributed by atoms with Crippen molar-refractivity contribution in [3.8, 4) is 0 Å². The molecule has 7 heteroatoms. The summed E-state index contributed by atoms with van der Waals surface area (Å²) in [5.74, 6) is -1.62. The van der Waals surface area contributed by atoms with Crippen molar-refractivity contribution >= 4 is 11.7 Å². The van der Waals surface area contributed by atoms with E-state index in [-0.39, 0.29) is 6.54 Å². The average Bonchev–Trinajstić information content (AvgIpc) is 2.79. The monoisotopic (exact) mass is 280 g/mol. The van der Waals surface area contributed by atoms with Gasteiger partial charge in [-0.25, -0.2) is 13.6 Å². The molecule has 0 aliphatic rings. The minimum Gasteiger partial charge on any atom is -0.323 e. The van der Waals surface area contributed by atoms with Crippen molar-refractivity contribution in [2.75, 3.05) is 12.4 Å². The number of benzene rings is 1. The zero-order chi connectivity index (χ0) is 14.7. The van der Waals surface area contributed by atoms with Crippen LogP contribution in [0.25, 0.3) is 0 Å². The van der Waals surface area contributed by atoms with Crippen LogP contribution in [0.4, 0.5) is 19.3 Å². The van der Waals surface area contributed by atoms with Crippen molar-refractivity contribution in [1.29, 1.82) is 0 Å². The van der Waals surface area contributed by atoms with E-state index >= 15 is 0 Å². The highest BCUT2D eigenvalue weighted by atomic mass is 19.1. The summed E-state index contributed by atoms with van der Waals surface area (Å²) >= 11 is 0. The summed E-state index contributed by atoms with van der Waals surface area (Å²) < 4.78 is 28.4. The number of para-hydroxylation sites is 1. The molecule has 0 aliphatic heterocycles. The van der Waals surface area contributed by atoms with Crippen LogP contribution in [-0.4, -0.2) is 27.8 Å². The van der Waals surface area contributed by atoms with Gasteiger partial charge in [0.15, 0.2) is 0 Å². The fourth-order valence-electron chi connectivity index (χ4n) is 1.72. The second kappa shape index (κ2) is 5.68. The molecule has 20 heavy (non-hydrogen) atoms. The van der Waals surface area contributed by atoms with Crippen molar-refractivity contribution in [3.05, 3.63) is 47.8 Å². The number of nitrogens with one attached hydrogen (secondary N) is 1.